The van der Waals surface area contributed by atoms with Gasteiger partial charge in [0.2, 0.25) is 11.6 Å². The third-order valence-corrected chi connectivity index (χ3v) is 4.90. The standard InChI is InChI=1S/C20H16N2O4S/c1-9-5-10(7-11(23)6-9)16-15-17(22-20(27)21-16)14-8-12(26-2)3-4-13(14)18(24)19(15)25/h3-8,16,23H,1-2H3,(H2,21,22,27). The van der Waals surface area contributed by atoms with Gasteiger partial charge in [0.15, 0.2) is 5.11 Å². The summed E-state index contributed by atoms with van der Waals surface area (Å²) in [6.45, 7) is 1.84. The van der Waals surface area contributed by atoms with Crippen molar-refractivity contribution in [2.45, 2.75) is 13.0 Å². The number of nitrogens with one attached hydrogen (secondary N) is 2. The Hall–Kier alpha value is -3.19. The lowest BCUT2D eigenvalue weighted by Gasteiger charge is -2.34. The molecule has 4 rings (SSSR count). The Morgan fingerprint density at radius 1 is 1.07 bits per heavy atom. The SMILES string of the molecule is COc1ccc2c(c1)C1=C(C(=O)C2=O)C(c2cc(C)cc(O)c2)NC(=S)N1. The quantitative estimate of drug-likeness (QED) is 0.545. The maximum absolute atomic E-state index is 12.9. The van der Waals surface area contributed by atoms with E-state index in [4.69, 9.17) is 17.0 Å². The maximum atomic E-state index is 12.9. The molecule has 1 aliphatic carbocycles. The Morgan fingerprint density at radius 2 is 1.85 bits per heavy atom. The molecule has 0 bridgehead atoms. The van der Waals surface area contributed by atoms with Gasteiger partial charge in [0, 0.05) is 11.1 Å². The van der Waals surface area contributed by atoms with Crippen LogP contribution in [0.25, 0.3) is 5.70 Å². The number of carbonyl (C=O) groups is 2. The summed E-state index contributed by atoms with van der Waals surface area (Å²) in [7, 11) is 1.53. The highest BCUT2D eigenvalue weighted by Gasteiger charge is 2.40. The number of aryl methyl sites for hydroxylation is 1. The molecule has 0 saturated heterocycles. The van der Waals surface area contributed by atoms with E-state index in [1.165, 1.54) is 7.11 Å². The number of thiocarbonyl (C=S) groups is 1. The van der Waals surface area contributed by atoms with Crippen molar-refractivity contribution in [1.82, 2.24) is 10.6 Å². The first-order chi connectivity index (χ1) is 12.9. The minimum Gasteiger partial charge on any atom is -0.508 e. The van der Waals surface area contributed by atoms with E-state index in [1.54, 1.807) is 30.3 Å². The molecule has 0 spiro atoms. The number of phenols is 1. The zero-order chi connectivity index (χ0) is 19.3. The number of fused-ring (bicyclic) bond motifs is 2. The summed E-state index contributed by atoms with van der Waals surface area (Å²) in [5.74, 6) is -0.533. The van der Waals surface area contributed by atoms with Crippen LogP contribution < -0.4 is 15.4 Å². The molecule has 1 heterocycles. The zero-order valence-corrected chi connectivity index (χ0v) is 15.4. The van der Waals surface area contributed by atoms with E-state index in [-0.39, 0.29) is 11.3 Å². The molecule has 2 aromatic carbocycles. The van der Waals surface area contributed by atoms with Crippen LogP contribution in [0.3, 0.4) is 0 Å². The lowest BCUT2D eigenvalue weighted by molar-refractivity contribution is -0.112. The van der Waals surface area contributed by atoms with Crippen LogP contribution in [0.1, 0.15) is 33.1 Å². The van der Waals surface area contributed by atoms with Gasteiger partial charge >= 0.3 is 0 Å². The van der Waals surface area contributed by atoms with Gasteiger partial charge < -0.3 is 20.5 Å². The highest BCUT2D eigenvalue weighted by molar-refractivity contribution is 7.80. The molecule has 27 heavy (non-hydrogen) atoms. The average Bonchev–Trinajstić information content (AvgIpc) is 2.64. The monoisotopic (exact) mass is 380 g/mol. The summed E-state index contributed by atoms with van der Waals surface area (Å²) in [6.07, 6.45) is 0. The second-order valence-electron chi connectivity index (χ2n) is 6.49. The number of ether oxygens (including phenoxy) is 1. The first-order valence-corrected chi connectivity index (χ1v) is 8.69. The molecule has 2 aliphatic rings. The molecule has 1 unspecified atom stereocenters. The van der Waals surface area contributed by atoms with Gasteiger partial charge in [-0.05, 0) is 60.6 Å². The number of ketones is 2. The van der Waals surface area contributed by atoms with E-state index in [0.717, 1.165) is 5.56 Å². The molecule has 0 aromatic heterocycles. The van der Waals surface area contributed by atoms with E-state index >= 15 is 0 Å². The fourth-order valence-electron chi connectivity index (χ4n) is 3.53. The largest absolute Gasteiger partial charge is 0.508 e. The second-order valence-corrected chi connectivity index (χ2v) is 6.90. The topological polar surface area (TPSA) is 87.7 Å². The highest BCUT2D eigenvalue weighted by Crippen LogP contribution is 2.39. The molecule has 0 saturated carbocycles. The van der Waals surface area contributed by atoms with Crippen LogP contribution in [0.15, 0.2) is 42.0 Å². The smallest absolute Gasteiger partial charge is 0.234 e. The number of rotatable bonds is 2. The molecule has 0 fully saturated rings. The van der Waals surface area contributed by atoms with Crippen LogP contribution in [0, 0.1) is 6.92 Å². The van der Waals surface area contributed by atoms with Gasteiger partial charge in [-0.15, -0.1) is 0 Å². The zero-order valence-electron chi connectivity index (χ0n) is 14.6. The van der Waals surface area contributed by atoms with Crippen LogP contribution in [0.5, 0.6) is 11.5 Å². The van der Waals surface area contributed by atoms with Gasteiger partial charge in [-0.1, -0.05) is 6.07 Å². The normalized spacial score (nSPS) is 18.4. The Morgan fingerprint density at radius 3 is 2.56 bits per heavy atom. The summed E-state index contributed by atoms with van der Waals surface area (Å²) in [6, 6.07) is 9.31. The van der Waals surface area contributed by atoms with Crippen molar-refractivity contribution in [3.63, 3.8) is 0 Å². The lowest BCUT2D eigenvalue weighted by Crippen LogP contribution is -2.47. The Bertz CT molecular complexity index is 1040. The van der Waals surface area contributed by atoms with Crippen molar-refractivity contribution in [3.8, 4) is 11.5 Å². The van der Waals surface area contributed by atoms with E-state index in [2.05, 4.69) is 10.6 Å². The molecule has 0 radical (unpaired) electrons. The number of hydrogen-bond acceptors (Lipinski definition) is 5. The molecule has 6 nitrogen and oxygen atoms in total. The lowest BCUT2D eigenvalue weighted by atomic mass is 9.81. The molecule has 1 atom stereocenters. The number of benzene rings is 2. The van der Waals surface area contributed by atoms with Crippen molar-refractivity contribution in [3.05, 3.63) is 64.2 Å². The van der Waals surface area contributed by atoms with E-state index in [1.807, 2.05) is 13.0 Å². The molecule has 2 aromatic rings. The van der Waals surface area contributed by atoms with Crippen LogP contribution in [0.2, 0.25) is 0 Å². The molecular weight excluding hydrogens is 364 g/mol. The van der Waals surface area contributed by atoms with Gasteiger partial charge in [-0.25, -0.2) is 0 Å². The fraction of sp³-hybridized carbons (Fsp3) is 0.150. The Labute approximate surface area is 160 Å². The maximum Gasteiger partial charge on any atom is 0.234 e. The molecule has 3 N–H and O–H groups in total. The van der Waals surface area contributed by atoms with Crippen LogP contribution in [0.4, 0.5) is 0 Å². The predicted molar refractivity (Wildman–Crippen MR) is 104 cm³/mol. The number of methoxy groups -OCH3 is 1. The van der Waals surface area contributed by atoms with Gasteiger partial charge in [-0.3, -0.25) is 9.59 Å². The van der Waals surface area contributed by atoms with Gasteiger partial charge in [0.1, 0.15) is 11.5 Å². The van der Waals surface area contributed by atoms with E-state index < -0.39 is 17.6 Å². The van der Waals surface area contributed by atoms with Crippen molar-refractivity contribution < 1.29 is 19.4 Å². The van der Waals surface area contributed by atoms with E-state index in [9.17, 15) is 14.7 Å². The number of Topliss-reactive ketones (excluding diaryl/α,β-unsaturated/α-hetero) is 2. The number of carbonyl (C=O) groups excluding carboxylic acids is 2. The number of hydrogen-bond donors (Lipinski definition) is 3. The molecule has 0 amide bonds. The van der Waals surface area contributed by atoms with E-state index in [0.29, 0.717) is 33.2 Å². The van der Waals surface area contributed by atoms with Crippen LogP contribution >= 0.6 is 12.2 Å². The highest BCUT2D eigenvalue weighted by atomic mass is 32.1. The second kappa shape index (κ2) is 6.21. The number of aromatic hydroxyl groups is 1. The predicted octanol–water partition coefficient (Wildman–Crippen LogP) is 2.40. The van der Waals surface area contributed by atoms with Gasteiger partial charge in [-0.2, -0.15) is 0 Å². The summed E-state index contributed by atoms with van der Waals surface area (Å²) in [5, 5.41) is 16.4. The molecular formula is C20H16N2O4S. The Balaban J connectivity index is 1.97. The molecule has 7 heteroatoms. The minimum atomic E-state index is -0.643. The summed E-state index contributed by atoms with van der Waals surface area (Å²) in [4.78, 5) is 25.6. The Kier molecular flexibility index (Phi) is 3.96. The van der Waals surface area contributed by atoms with Crippen molar-refractivity contribution in [1.29, 1.82) is 0 Å². The van der Waals surface area contributed by atoms with Crippen LogP contribution in [-0.2, 0) is 4.79 Å². The fourth-order valence-corrected chi connectivity index (χ4v) is 3.75. The summed E-state index contributed by atoms with van der Waals surface area (Å²) in [5.41, 5.74) is 3.12. The number of phenolic OH excluding ortho intramolecular Hbond substituents is 1. The third kappa shape index (κ3) is 2.76. The summed E-state index contributed by atoms with van der Waals surface area (Å²) >= 11 is 5.33. The van der Waals surface area contributed by atoms with Crippen molar-refractivity contribution >= 4 is 34.6 Å². The van der Waals surface area contributed by atoms with Gasteiger partial charge in [0.25, 0.3) is 0 Å². The van der Waals surface area contributed by atoms with Crippen molar-refractivity contribution in [2.75, 3.05) is 7.11 Å². The first kappa shape index (κ1) is 17.2. The average molecular weight is 380 g/mol. The summed E-state index contributed by atoms with van der Waals surface area (Å²) < 4.78 is 5.26. The van der Waals surface area contributed by atoms with Crippen LogP contribution in [-0.4, -0.2) is 28.9 Å². The van der Waals surface area contributed by atoms with Crippen molar-refractivity contribution in [2.24, 2.45) is 0 Å². The third-order valence-electron chi connectivity index (χ3n) is 4.68. The van der Waals surface area contributed by atoms with Gasteiger partial charge in [0.05, 0.1) is 24.4 Å². The first-order valence-electron chi connectivity index (χ1n) is 8.28. The molecule has 136 valence electrons. The minimum absolute atomic E-state index is 0.0788. The molecule has 1 aliphatic heterocycles.